The summed E-state index contributed by atoms with van der Waals surface area (Å²) in [5.74, 6) is -5.71. The molecule has 0 unspecified atom stereocenters. The second kappa shape index (κ2) is 13.5. The van der Waals surface area contributed by atoms with E-state index < -0.39 is 29.8 Å². The number of halogens is 6. The van der Waals surface area contributed by atoms with Crippen molar-refractivity contribution in [1.29, 1.82) is 0 Å². The zero-order valence-corrected chi connectivity index (χ0v) is 22.4. The van der Waals surface area contributed by atoms with Gasteiger partial charge in [0.1, 0.15) is 5.54 Å². The van der Waals surface area contributed by atoms with E-state index in [0.29, 0.717) is 12.2 Å². The fraction of sp³-hybridized carbons (Fsp3) is 0.423. The Kier molecular flexibility index (Phi) is 10.9. The normalized spacial score (nSPS) is 16.7. The Morgan fingerprint density at radius 1 is 0.810 bits per heavy atom. The van der Waals surface area contributed by atoms with Crippen molar-refractivity contribution >= 4 is 35.3 Å². The second-order valence-electron chi connectivity index (χ2n) is 9.59. The maximum Gasteiger partial charge on any atom is 0.490 e. The molecule has 10 nitrogen and oxygen atoms in total. The molecule has 3 amide bonds. The number of carbonyl (C=O) groups is 4. The maximum atomic E-state index is 13.1. The van der Waals surface area contributed by atoms with E-state index in [1.54, 1.807) is 31.1 Å². The number of amides is 3. The van der Waals surface area contributed by atoms with Crippen LogP contribution in [-0.2, 0) is 20.9 Å². The van der Waals surface area contributed by atoms with Crippen molar-refractivity contribution in [3.63, 3.8) is 0 Å². The number of aromatic nitrogens is 1. The Bertz CT molecular complexity index is 1220. The fourth-order valence-electron chi connectivity index (χ4n) is 3.96. The molecule has 0 spiro atoms. The van der Waals surface area contributed by atoms with E-state index in [1.165, 1.54) is 24.2 Å². The molecule has 0 atom stereocenters. The van der Waals surface area contributed by atoms with E-state index in [-0.39, 0.29) is 11.9 Å². The summed E-state index contributed by atoms with van der Waals surface area (Å²) in [5.41, 5.74) is 1.83. The van der Waals surface area contributed by atoms with E-state index in [2.05, 4.69) is 9.88 Å². The van der Waals surface area contributed by atoms with E-state index in [0.717, 1.165) is 24.3 Å². The molecule has 0 saturated carbocycles. The van der Waals surface area contributed by atoms with Gasteiger partial charge in [-0.25, -0.2) is 19.3 Å². The number of aliphatic carboxylic acids is 2. The summed E-state index contributed by atoms with van der Waals surface area (Å²) < 4.78 is 63.5. The first-order valence-electron chi connectivity index (χ1n) is 12.4. The first kappa shape index (κ1) is 33.8. The summed E-state index contributed by atoms with van der Waals surface area (Å²) in [4.78, 5) is 53.3. The summed E-state index contributed by atoms with van der Waals surface area (Å²) in [6.45, 7) is 6.11. The number of carboxylic acid groups (broad SMARTS) is 2. The number of nitrogens with zero attached hydrogens (tertiary/aromatic N) is 4. The highest BCUT2D eigenvalue weighted by Crippen LogP contribution is 2.34. The topological polar surface area (TPSA) is 131 Å². The van der Waals surface area contributed by atoms with Crippen LogP contribution >= 0.6 is 0 Å². The molecule has 4 rings (SSSR count). The summed E-state index contributed by atoms with van der Waals surface area (Å²) in [7, 11) is 0. The number of rotatable bonds is 4. The molecule has 2 saturated heterocycles. The molecule has 1 aromatic heterocycles. The van der Waals surface area contributed by atoms with Gasteiger partial charge in [-0.05, 0) is 75.1 Å². The third-order valence-corrected chi connectivity index (χ3v) is 6.23. The highest BCUT2D eigenvalue weighted by Gasteiger charge is 2.51. The highest BCUT2D eigenvalue weighted by molar-refractivity contribution is 6.23. The van der Waals surface area contributed by atoms with Crippen molar-refractivity contribution in [2.75, 3.05) is 22.9 Å². The number of imide groups is 1. The lowest BCUT2D eigenvalue weighted by Crippen LogP contribution is -2.43. The SMILES string of the molecule is CC1(C)C(=O)N(c2ccc(N3CCCCC3)cc2)C(=O)N1Cc1ccncc1.O=C(O)C(F)(F)F.O=C(O)C(F)(F)F. The first-order valence-corrected chi connectivity index (χ1v) is 12.4. The molecule has 16 heteroatoms. The van der Waals surface area contributed by atoms with Crippen LogP contribution in [0.4, 0.5) is 42.5 Å². The minimum atomic E-state index is -5.08. The van der Waals surface area contributed by atoms with Crippen LogP contribution in [0, 0.1) is 0 Å². The lowest BCUT2D eigenvalue weighted by Gasteiger charge is -2.29. The van der Waals surface area contributed by atoms with Crippen molar-refractivity contribution in [2.24, 2.45) is 0 Å². The molecule has 0 bridgehead atoms. The van der Waals surface area contributed by atoms with E-state index in [1.807, 2.05) is 36.4 Å². The van der Waals surface area contributed by atoms with E-state index in [4.69, 9.17) is 19.8 Å². The van der Waals surface area contributed by atoms with Gasteiger partial charge in [0, 0.05) is 37.7 Å². The largest absolute Gasteiger partial charge is 0.490 e. The number of hydrogen-bond donors (Lipinski definition) is 2. The van der Waals surface area contributed by atoms with Crippen molar-refractivity contribution in [1.82, 2.24) is 9.88 Å². The number of pyridine rings is 1. The van der Waals surface area contributed by atoms with Crippen LogP contribution < -0.4 is 9.80 Å². The molecule has 2 N–H and O–H groups in total. The summed E-state index contributed by atoms with van der Waals surface area (Å²) in [5, 5.41) is 14.2. The number of piperidine rings is 1. The van der Waals surface area contributed by atoms with Crippen LogP contribution in [0.3, 0.4) is 0 Å². The number of alkyl halides is 6. The van der Waals surface area contributed by atoms with Crippen molar-refractivity contribution < 1.29 is 55.7 Å². The number of urea groups is 1. The zero-order chi connectivity index (χ0) is 31.9. The Hall–Kier alpha value is -4.37. The average molecular weight is 607 g/mol. The van der Waals surface area contributed by atoms with Gasteiger partial charge >= 0.3 is 30.3 Å². The number of hydrogen-bond acceptors (Lipinski definition) is 6. The van der Waals surface area contributed by atoms with Crippen LogP contribution in [0.2, 0.25) is 0 Å². The molecule has 0 radical (unpaired) electrons. The molecular weight excluding hydrogens is 578 g/mol. The quantitative estimate of drug-likeness (QED) is 0.364. The minimum Gasteiger partial charge on any atom is -0.475 e. The molecule has 2 fully saturated rings. The van der Waals surface area contributed by atoms with Crippen molar-refractivity contribution in [3.05, 3.63) is 54.4 Å². The number of benzene rings is 1. The molecular formula is C26H28F6N4O6. The van der Waals surface area contributed by atoms with Crippen LogP contribution in [0.1, 0.15) is 38.7 Å². The molecule has 3 heterocycles. The predicted octanol–water partition coefficient (Wildman–Crippen LogP) is 5.09. The van der Waals surface area contributed by atoms with Gasteiger partial charge in [0.25, 0.3) is 5.91 Å². The fourth-order valence-corrected chi connectivity index (χ4v) is 3.96. The lowest BCUT2D eigenvalue weighted by molar-refractivity contribution is -0.193. The van der Waals surface area contributed by atoms with Crippen LogP contribution in [0.15, 0.2) is 48.8 Å². The van der Waals surface area contributed by atoms with Gasteiger partial charge in [-0.1, -0.05) is 0 Å². The Morgan fingerprint density at radius 3 is 1.67 bits per heavy atom. The first-order chi connectivity index (χ1) is 19.4. The lowest BCUT2D eigenvalue weighted by atomic mass is 10.0. The Morgan fingerprint density at radius 2 is 1.24 bits per heavy atom. The van der Waals surface area contributed by atoms with E-state index >= 15 is 0 Å². The Balaban J connectivity index is 0.000000367. The Labute approximate surface area is 236 Å². The maximum absolute atomic E-state index is 13.1. The third-order valence-electron chi connectivity index (χ3n) is 6.23. The molecule has 230 valence electrons. The van der Waals surface area contributed by atoms with Gasteiger partial charge in [0.15, 0.2) is 0 Å². The smallest absolute Gasteiger partial charge is 0.475 e. The molecule has 0 aliphatic carbocycles. The molecule has 2 aliphatic heterocycles. The van der Waals surface area contributed by atoms with Crippen LogP contribution in [-0.4, -0.2) is 75.0 Å². The number of anilines is 2. The highest BCUT2D eigenvalue weighted by atomic mass is 19.4. The molecule has 2 aliphatic rings. The molecule has 1 aromatic carbocycles. The third kappa shape index (κ3) is 8.81. The van der Waals surface area contributed by atoms with Gasteiger partial charge in [-0.15, -0.1) is 0 Å². The van der Waals surface area contributed by atoms with E-state index in [9.17, 15) is 35.9 Å². The van der Waals surface area contributed by atoms with Gasteiger partial charge in [0.2, 0.25) is 0 Å². The average Bonchev–Trinajstić information content (AvgIpc) is 3.08. The predicted molar refractivity (Wildman–Crippen MR) is 137 cm³/mol. The minimum absolute atomic E-state index is 0.197. The van der Waals surface area contributed by atoms with Crippen molar-refractivity contribution in [2.45, 2.75) is 57.5 Å². The van der Waals surface area contributed by atoms with Crippen LogP contribution in [0.5, 0.6) is 0 Å². The summed E-state index contributed by atoms with van der Waals surface area (Å²) in [6, 6.07) is 11.2. The zero-order valence-electron chi connectivity index (χ0n) is 22.4. The van der Waals surface area contributed by atoms with Crippen molar-refractivity contribution in [3.8, 4) is 0 Å². The van der Waals surface area contributed by atoms with Gasteiger partial charge in [0.05, 0.1) is 5.69 Å². The van der Waals surface area contributed by atoms with Gasteiger partial charge < -0.3 is 20.0 Å². The standard InChI is InChI=1S/C22H26N4O2.2C2HF3O2/c1-22(2)20(27)26(21(28)25(22)16-17-10-12-23-13-11-17)19-8-6-18(7-9-19)24-14-4-3-5-15-24;2*3-2(4,5)1(6)7/h6-13H,3-5,14-16H2,1-2H3;2*(H,6,7). The summed E-state index contributed by atoms with van der Waals surface area (Å²) in [6.07, 6.45) is -3.07. The molecule has 42 heavy (non-hydrogen) atoms. The number of carbonyl (C=O) groups excluding carboxylic acids is 2. The monoisotopic (exact) mass is 606 g/mol. The van der Waals surface area contributed by atoms with Gasteiger partial charge in [-0.2, -0.15) is 26.3 Å². The number of carboxylic acids is 2. The second-order valence-corrected chi connectivity index (χ2v) is 9.59. The molecule has 2 aromatic rings. The summed E-state index contributed by atoms with van der Waals surface area (Å²) >= 11 is 0. The van der Waals surface area contributed by atoms with Gasteiger partial charge in [-0.3, -0.25) is 9.78 Å². The van der Waals surface area contributed by atoms with Crippen LogP contribution in [0.25, 0.3) is 0 Å².